The highest BCUT2D eigenvalue weighted by Gasteiger charge is 2.19. The van der Waals surface area contributed by atoms with Crippen molar-refractivity contribution in [1.29, 1.82) is 0 Å². The van der Waals surface area contributed by atoms with Crippen molar-refractivity contribution in [1.82, 2.24) is 0 Å². The Bertz CT molecular complexity index is 659. The molecular formula is C16H17F2NO2. The van der Waals surface area contributed by atoms with Gasteiger partial charge in [-0.3, -0.25) is 0 Å². The van der Waals surface area contributed by atoms with Crippen molar-refractivity contribution in [3.05, 3.63) is 58.7 Å². The second-order valence-corrected chi connectivity index (χ2v) is 4.71. The van der Waals surface area contributed by atoms with Gasteiger partial charge < -0.3 is 15.2 Å². The SMILES string of the molecule is COc1cc(F)c(C(N)c2cc(F)ccc2C)cc1OC. The highest BCUT2D eigenvalue weighted by atomic mass is 19.1. The molecule has 0 bridgehead atoms. The van der Waals surface area contributed by atoms with Crippen LogP contribution in [0.25, 0.3) is 0 Å². The lowest BCUT2D eigenvalue weighted by molar-refractivity contribution is 0.351. The molecule has 2 aromatic carbocycles. The molecule has 3 nitrogen and oxygen atoms in total. The number of ether oxygens (including phenoxy) is 2. The lowest BCUT2D eigenvalue weighted by Gasteiger charge is -2.18. The third-order valence-corrected chi connectivity index (χ3v) is 3.41. The zero-order valence-electron chi connectivity index (χ0n) is 12.1. The number of methoxy groups -OCH3 is 2. The summed E-state index contributed by atoms with van der Waals surface area (Å²) in [5.41, 5.74) is 7.64. The normalized spacial score (nSPS) is 12.1. The minimum atomic E-state index is -0.791. The van der Waals surface area contributed by atoms with Crippen LogP contribution in [0.5, 0.6) is 11.5 Å². The second-order valence-electron chi connectivity index (χ2n) is 4.71. The molecule has 0 aliphatic carbocycles. The number of nitrogens with two attached hydrogens (primary N) is 1. The Morgan fingerprint density at radius 3 is 2.19 bits per heavy atom. The van der Waals surface area contributed by atoms with Crippen molar-refractivity contribution in [3.8, 4) is 11.5 Å². The molecule has 1 atom stereocenters. The lowest BCUT2D eigenvalue weighted by atomic mass is 9.95. The maximum atomic E-state index is 14.2. The number of hydrogen-bond acceptors (Lipinski definition) is 3. The molecule has 0 aliphatic heterocycles. The first-order valence-electron chi connectivity index (χ1n) is 6.41. The van der Waals surface area contributed by atoms with E-state index in [9.17, 15) is 8.78 Å². The highest BCUT2D eigenvalue weighted by Crippen LogP contribution is 2.34. The molecule has 0 aliphatic rings. The molecule has 2 N–H and O–H groups in total. The maximum absolute atomic E-state index is 14.2. The van der Waals surface area contributed by atoms with Crippen LogP contribution in [0.2, 0.25) is 0 Å². The van der Waals surface area contributed by atoms with E-state index < -0.39 is 17.7 Å². The van der Waals surface area contributed by atoms with Gasteiger partial charge in [-0.15, -0.1) is 0 Å². The van der Waals surface area contributed by atoms with E-state index in [2.05, 4.69) is 0 Å². The molecule has 1 unspecified atom stereocenters. The molecule has 112 valence electrons. The highest BCUT2D eigenvalue weighted by molar-refractivity contribution is 5.47. The topological polar surface area (TPSA) is 44.5 Å². The van der Waals surface area contributed by atoms with Gasteiger partial charge in [-0.05, 0) is 36.2 Å². The van der Waals surface area contributed by atoms with Gasteiger partial charge in [0.25, 0.3) is 0 Å². The smallest absolute Gasteiger partial charge is 0.163 e. The average molecular weight is 293 g/mol. The van der Waals surface area contributed by atoms with Gasteiger partial charge >= 0.3 is 0 Å². The Hall–Kier alpha value is -2.14. The Morgan fingerprint density at radius 2 is 1.57 bits per heavy atom. The van der Waals surface area contributed by atoms with E-state index in [4.69, 9.17) is 15.2 Å². The van der Waals surface area contributed by atoms with Crippen molar-refractivity contribution in [2.24, 2.45) is 5.73 Å². The number of aryl methyl sites for hydroxylation is 1. The van der Waals surface area contributed by atoms with Crippen LogP contribution in [0.1, 0.15) is 22.7 Å². The van der Waals surface area contributed by atoms with Crippen molar-refractivity contribution in [3.63, 3.8) is 0 Å². The molecule has 0 fully saturated rings. The van der Waals surface area contributed by atoms with Crippen LogP contribution >= 0.6 is 0 Å². The Morgan fingerprint density at radius 1 is 0.952 bits per heavy atom. The summed E-state index contributed by atoms with van der Waals surface area (Å²) in [7, 11) is 2.88. The second kappa shape index (κ2) is 6.10. The summed E-state index contributed by atoms with van der Waals surface area (Å²) in [4.78, 5) is 0. The standard InChI is InChI=1S/C16H17F2NO2/c1-9-4-5-10(17)6-11(9)16(19)12-7-14(20-2)15(21-3)8-13(12)18/h4-8,16H,19H2,1-3H3. The molecule has 0 amide bonds. The number of hydrogen-bond donors (Lipinski definition) is 1. The Balaban J connectivity index is 2.52. The summed E-state index contributed by atoms with van der Waals surface area (Å²) < 4.78 is 37.8. The van der Waals surface area contributed by atoms with Crippen LogP contribution in [0.3, 0.4) is 0 Å². The fraction of sp³-hybridized carbons (Fsp3) is 0.250. The molecule has 0 heterocycles. The minimum absolute atomic E-state index is 0.223. The first-order valence-corrected chi connectivity index (χ1v) is 6.41. The van der Waals surface area contributed by atoms with Gasteiger partial charge in [-0.2, -0.15) is 0 Å². The molecular weight excluding hydrogens is 276 g/mol. The molecule has 0 aromatic heterocycles. The lowest BCUT2D eigenvalue weighted by Crippen LogP contribution is -2.15. The van der Waals surface area contributed by atoms with Gasteiger partial charge in [0, 0.05) is 11.6 Å². The van der Waals surface area contributed by atoms with Crippen LogP contribution < -0.4 is 15.2 Å². The summed E-state index contributed by atoms with van der Waals surface area (Å²) in [6.45, 7) is 1.80. The minimum Gasteiger partial charge on any atom is -0.493 e. The van der Waals surface area contributed by atoms with Crippen LogP contribution in [-0.2, 0) is 0 Å². The third kappa shape index (κ3) is 2.97. The van der Waals surface area contributed by atoms with Crippen LogP contribution in [0, 0.1) is 18.6 Å². The number of benzene rings is 2. The summed E-state index contributed by atoms with van der Waals surface area (Å²) in [5, 5.41) is 0. The molecule has 2 rings (SSSR count). The van der Waals surface area contributed by atoms with Crippen molar-refractivity contribution in [2.75, 3.05) is 14.2 Å². The van der Waals surface area contributed by atoms with Crippen LogP contribution in [0.15, 0.2) is 30.3 Å². The van der Waals surface area contributed by atoms with E-state index in [1.165, 1.54) is 38.5 Å². The first-order chi connectivity index (χ1) is 9.97. The van der Waals surface area contributed by atoms with E-state index in [1.54, 1.807) is 13.0 Å². The number of rotatable bonds is 4. The molecule has 0 spiro atoms. The molecule has 21 heavy (non-hydrogen) atoms. The van der Waals surface area contributed by atoms with Gasteiger partial charge in [0.15, 0.2) is 11.5 Å². The molecule has 0 saturated heterocycles. The van der Waals surface area contributed by atoms with Gasteiger partial charge in [0.05, 0.1) is 20.3 Å². The van der Waals surface area contributed by atoms with E-state index in [-0.39, 0.29) is 11.3 Å². The zero-order chi connectivity index (χ0) is 15.6. The van der Waals surface area contributed by atoms with E-state index in [0.29, 0.717) is 11.3 Å². The molecule has 0 saturated carbocycles. The molecule has 2 aromatic rings. The summed E-state index contributed by atoms with van der Waals surface area (Å²) in [5.74, 6) is -0.281. The quantitative estimate of drug-likeness (QED) is 0.940. The maximum Gasteiger partial charge on any atom is 0.163 e. The zero-order valence-corrected chi connectivity index (χ0v) is 12.1. The fourth-order valence-electron chi connectivity index (χ4n) is 2.22. The van der Waals surface area contributed by atoms with Crippen LogP contribution in [0.4, 0.5) is 8.78 Å². The molecule has 5 heteroatoms. The first kappa shape index (κ1) is 15.3. The largest absolute Gasteiger partial charge is 0.493 e. The predicted molar refractivity (Wildman–Crippen MR) is 76.7 cm³/mol. The Kier molecular flexibility index (Phi) is 4.43. The average Bonchev–Trinajstić information content (AvgIpc) is 2.48. The van der Waals surface area contributed by atoms with Crippen molar-refractivity contribution >= 4 is 0 Å². The summed E-state index contributed by atoms with van der Waals surface area (Å²) >= 11 is 0. The fourth-order valence-corrected chi connectivity index (χ4v) is 2.22. The predicted octanol–water partition coefficient (Wildman–Crippen LogP) is 3.34. The van der Waals surface area contributed by atoms with Crippen LogP contribution in [-0.4, -0.2) is 14.2 Å². The summed E-state index contributed by atoms with van der Waals surface area (Å²) in [6.07, 6.45) is 0. The van der Waals surface area contributed by atoms with Crippen molar-refractivity contribution in [2.45, 2.75) is 13.0 Å². The third-order valence-electron chi connectivity index (χ3n) is 3.41. The van der Waals surface area contributed by atoms with Gasteiger partial charge in [0.1, 0.15) is 11.6 Å². The van der Waals surface area contributed by atoms with Gasteiger partial charge in [-0.1, -0.05) is 6.07 Å². The van der Waals surface area contributed by atoms with E-state index >= 15 is 0 Å². The van der Waals surface area contributed by atoms with Gasteiger partial charge in [-0.25, -0.2) is 8.78 Å². The van der Waals surface area contributed by atoms with E-state index in [1.807, 2.05) is 0 Å². The van der Waals surface area contributed by atoms with E-state index in [0.717, 1.165) is 5.56 Å². The van der Waals surface area contributed by atoms with Crippen molar-refractivity contribution < 1.29 is 18.3 Å². The van der Waals surface area contributed by atoms with Gasteiger partial charge in [0.2, 0.25) is 0 Å². The monoisotopic (exact) mass is 293 g/mol. The number of halogens is 2. The molecule has 0 radical (unpaired) electrons. The Labute approximate surface area is 122 Å². The summed E-state index contributed by atoms with van der Waals surface area (Å²) in [6, 6.07) is 6.17.